The Morgan fingerprint density at radius 3 is 2.29 bits per heavy atom. The van der Waals surface area contributed by atoms with Crippen molar-refractivity contribution >= 4 is 21.7 Å². The van der Waals surface area contributed by atoms with Gasteiger partial charge in [-0.1, -0.05) is 61.0 Å². The number of ketones is 1. The summed E-state index contributed by atoms with van der Waals surface area (Å²) in [7, 11) is 0. The SMILES string of the molecule is CCCC(=O)C(Br)Cc1ccc(C(C)C)cc1. The molecule has 0 radical (unpaired) electrons. The van der Waals surface area contributed by atoms with E-state index in [2.05, 4.69) is 54.0 Å². The van der Waals surface area contributed by atoms with Gasteiger partial charge < -0.3 is 0 Å². The van der Waals surface area contributed by atoms with Gasteiger partial charge in [0.25, 0.3) is 0 Å². The molecule has 0 aliphatic heterocycles. The second-order valence-corrected chi connectivity index (χ2v) is 5.89. The maximum Gasteiger partial charge on any atom is 0.146 e. The zero-order chi connectivity index (χ0) is 12.8. The molecule has 1 aromatic carbocycles. The fourth-order valence-electron chi connectivity index (χ4n) is 1.76. The maximum absolute atomic E-state index is 11.7. The first-order chi connectivity index (χ1) is 8.04. The summed E-state index contributed by atoms with van der Waals surface area (Å²) in [6.45, 7) is 6.41. The third-order valence-electron chi connectivity index (χ3n) is 2.91. The summed E-state index contributed by atoms with van der Waals surface area (Å²) in [6.07, 6.45) is 2.38. The molecule has 0 aliphatic carbocycles. The molecule has 0 saturated heterocycles. The highest BCUT2D eigenvalue weighted by molar-refractivity contribution is 9.10. The van der Waals surface area contributed by atoms with Crippen molar-refractivity contribution < 1.29 is 4.79 Å². The standard InChI is InChI=1S/C15H21BrO/c1-4-5-15(17)14(16)10-12-6-8-13(9-7-12)11(2)3/h6-9,11,14H,4-5,10H2,1-3H3. The smallest absolute Gasteiger partial charge is 0.146 e. The molecular weight excluding hydrogens is 276 g/mol. The Hall–Kier alpha value is -0.630. The molecule has 0 bridgehead atoms. The number of Topliss-reactive ketones (excluding diaryl/α,β-unsaturated/α-hetero) is 1. The topological polar surface area (TPSA) is 17.1 Å². The third kappa shape index (κ3) is 4.63. The Morgan fingerprint density at radius 2 is 1.82 bits per heavy atom. The van der Waals surface area contributed by atoms with E-state index in [0.29, 0.717) is 18.1 Å². The number of hydrogen-bond acceptors (Lipinski definition) is 1. The molecule has 0 saturated carbocycles. The molecular formula is C15H21BrO. The van der Waals surface area contributed by atoms with E-state index >= 15 is 0 Å². The largest absolute Gasteiger partial charge is 0.298 e. The number of benzene rings is 1. The van der Waals surface area contributed by atoms with Crippen LogP contribution in [0.1, 0.15) is 50.7 Å². The van der Waals surface area contributed by atoms with E-state index < -0.39 is 0 Å². The fraction of sp³-hybridized carbons (Fsp3) is 0.533. The van der Waals surface area contributed by atoms with Crippen LogP contribution in [0.15, 0.2) is 24.3 Å². The Bertz CT molecular complexity index is 354. The minimum absolute atomic E-state index is 0.0349. The van der Waals surface area contributed by atoms with Crippen molar-refractivity contribution in [1.29, 1.82) is 0 Å². The highest BCUT2D eigenvalue weighted by Gasteiger charge is 2.14. The van der Waals surface area contributed by atoms with Crippen LogP contribution in [0.25, 0.3) is 0 Å². The van der Waals surface area contributed by atoms with Gasteiger partial charge in [0, 0.05) is 6.42 Å². The van der Waals surface area contributed by atoms with Gasteiger partial charge in [-0.2, -0.15) is 0 Å². The lowest BCUT2D eigenvalue weighted by atomic mass is 9.99. The maximum atomic E-state index is 11.7. The quantitative estimate of drug-likeness (QED) is 0.707. The predicted molar refractivity (Wildman–Crippen MR) is 76.9 cm³/mol. The Labute approximate surface area is 113 Å². The van der Waals surface area contributed by atoms with Gasteiger partial charge in [-0.15, -0.1) is 0 Å². The first-order valence-corrected chi connectivity index (χ1v) is 7.21. The second kappa shape index (κ2) is 6.95. The monoisotopic (exact) mass is 296 g/mol. The van der Waals surface area contributed by atoms with E-state index in [0.717, 1.165) is 12.8 Å². The molecule has 1 aromatic rings. The molecule has 17 heavy (non-hydrogen) atoms. The van der Waals surface area contributed by atoms with Crippen LogP contribution < -0.4 is 0 Å². The molecule has 0 heterocycles. The Kier molecular flexibility index (Phi) is 5.90. The third-order valence-corrected chi connectivity index (χ3v) is 3.74. The summed E-state index contributed by atoms with van der Waals surface area (Å²) in [5.41, 5.74) is 2.57. The van der Waals surface area contributed by atoms with Gasteiger partial charge in [-0.25, -0.2) is 0 Å². The van der Waals surface area contributed by atoms with Gasteiger partial charge in [0.05, 0.1) is 4.83 Å². The van der Waals surface area contributed by atoms with Gasteiger partial charge in [-0.3, -0.25) is 4.79 Å². The molecule has 1 nitrogen and oxygen atoms in total. The van der Waals surface area contributed by atoms with Crippen LogP contribution in [0.4, 0.5) is 0 Å². The van der Waals surface area contributed by atoms with Gasteiger partial charge in [0.1, 0.15) is 5.78 Å². The number of rotatable bonds is 6. The van der Waals surface area contributed by atoms with Gasteiger partial charge in [0.15, 0.2) is 0 Å². The van der Waals surface area contributed by atoms with E-state index in [1.807, 2.05) is 6.92 Å². The Balaban J connectivity index is 2.60. The second-order valence-electron chi connectivity index (χ2n) is 4.78. The number of carbonyl (C=O) groups excluding carboxylic acids is 1. The molecule has 0 aromatic heterocycles. The normalized spacial score (nSPS) is 12.8. The van der Waals surface area contributed by atoms with E-state index in [1.54, 1.807) is 0 Å². The first-order valence-electron chi connectivity index (χ1n) is 6.30. The number of halogens is 1. The molecule has 0 fully saturated rings. The van der Waals surface area contributed by atoms with E-state index in [-0.39, 0.29) is 4.83 Å². The molecule has 1 rings (SSSR count). The van der Waals surface area contributed by atoms with Crippen LogP contribution in [0, 0.1) is 0 Å². The van der Waals surface area contributed by atoms with Crippen LogP contribution in [0.5, 0.6) is 0 Å². The average molecular weight is 297 g/mol. The molecule has 1 atom stereocenters. The van der Waals surface area contributed by atoms with Crippen molar-refractivity contribution in [3.8, 4) is 0 Å². The summed E-state index contributed by atoms with van der Waals surface area (Å²) >= 11 is 3.48. The van der Waals surface area contributed by atoms with Crippen molar-refractivity contribution in [2.24, 2.45) is 0 Å². The van der Waals surface area contributed by atoms with Crippen molar-refractivity contribution in [3.63, 3.8) is 0 Å². The zero-order valence-corrected chi connectivity index (χ0v) is 12.5. The van der Waals surface area contributed by atoms with Crippen molar-refractivity contribution in [1.82, 2.24) is 0 Å². The minimum Gasteiger partial charge on any atom is -0.298 e. The Morgan fingerprint density at radius 1 is 1.24 bits per heavy atom. The van der Waals surface area contributed by atoms with Crippen molar-refractivity contribution in [2.75, 3.05) is 0 Å². The summed E-state index contributed by atoms with van der Waals surface area (Å²) in [5.74, 6) is 0.867. The lowest BCUT2D eigenvalue weighted by Crippen LogP contribution is -2.16. The van der Waals surface area contributed by atoms with Crippen LogP contribution >= 0.6 is 15.9 Å². The van der Waals surface area contributed by atoms with E-state index in [4.69, 9.17) is 0 Å². The summed E-state index contributed by atoms with van der Waals surface area (Å²) < 4.78 is 0. The van der Waals surface area contributed by atoms with E-state index in [1.165, 1.54) is 11.1 Å². The van der Waals surface area contributed by atoms with Gasteiger partial charge in [0.2, 0.25) is 0 Å². The number of alkyl halides is 1. The fourth-order valence-corrected chi connectivity index (χ4v) is 2.37. The van der Waals surface area contributed by atoms with Crippen LogP contribution in [-0.4, -0.2) is 10.6 Å². The summed E-state index contributed by atoms with van der Waals surface area (Å²) in [6, 6.07) is 8.57. The first kappa shape index (κ1) is 14.4. The number of carbonyl (C=O) groups is 1. The average Bonchev–Trinajstić information content (AvgIpc) is 2.30. The molecule has 0 aliphatic rings. The molecule has 2 heteroatoms. The minimum atomic E-state index is -0.0349. The highest BCUT2D eigenvalue weighted by Crippen LogP contribution is 2.18. The highest BCUT2D eigenvalue weighted by atomic mass is 79.9. The molecule has 1 unspecified atom stereocenters. The van der Waals surface area contributed by atoms with Gasteiger partial charge >= 0.3 is 0 Å². The van der Waals surface area contributed by atoms with Crippen molar-refractivity contribution in [2.45, 2.75) is 50.8 Å². The zero-order valence-electron chi connectivity index (χ0n) is 10.9. The number of hydrogen-bond donors (Lipinski definition) is 0. The predicted octanol–water partition coefficient (Wildman–Crippen LogP) is 4.49. The lowest BCUT2D eigenvalue weighted by molar-refractivity contribution is -0.118. The molecule has 0 N–H and O–H groups in total. The molecule has 0 spiro atoms. The van der Waals surface area contributed by atoms with Crippen molar-refractivity contribution in [3.05, 3.63) is 35.4 Å². The van der Waals surface area contributed by atoms with Crippen LogP contribution in [0.2, 0.25) is 0 Å². The van der Waals surface area contributed by atoms with E-state index in [9.17, 15) is 4.79 Å². The lowest BCUT2D eigenvalue weighted by Gasteiger charge is -2.10. The molecule has 0 amide bonds. The molecule has 94 valence electrons. The van der Waals surface area contributed by atoms with Crippen LogP contribution in [0.3, 0.4) is 0 Å². The summed E-state index contributed by atoms with van der Waals surface area (Å²) in [4.78, 5) is 11.6. The van der Waals surface area contributed by atoms with Gasteiger partial charge in [-0.05, 0) is 29.9 Å². The summed E-state index contributed by atoms with van der Waals surface area (Å²) in [5, 5.41) is 0. The van der Waals surface area contributed by atoms with Crippen LogP contribution in [-0.2, 0) is 11.2 Å².